The van der Waals surface area contributed by atoms with E-state index in [2.05, 4.69) is 5.32 Å². The van der Waals surface area contributed by atoms with E-state index in [0.29, 0.717) is 6.04 Å². The van der Waals surface area contributed by atoms with E-state index in [1.807, 2.05) is 0 Å². The standard InChI is InChI=1S/C15H18F3NS/c16-15(17,18)20-13-5-2-10(3-6-13)9-19-14-8-11-1-4-12(14)7-11/h2-3,5-6,11-12,14,19H,1,4,7-9H2. The molecule has 2 bridgehead atoms. The summed E-state index contributed by atoms with van der Waals surface area (Å²) in [6.45, 7) is 0.755. The summed E-state index contributed by atoms with van der Waals surface area (Å²) in [6, 6.07) is 7.28. The third kappa shape index (κ3) is 3.50. The summed E-state index contributed by atoms with van der Waals surface area (Å²) < 4.78 is 36.7. The van der Waals surface area contributed by atoms with Gasteiger partial charge in [0.05, 0.1) is 0 Å². The largest absolute Gasteiger partial charge is 0.446 e. The van der Waals surface area contributed by atoms with Crippen molar-refractivity contribution >= 4 is 11.8 Å². The third-order valence-corrected chi connectivity index (χ3v) is 5.20. The van der Waals surface area contributed by atoms with E-state index >= 15 is 0 Å². The minimum Gasteiger partial charge on any atom is -0.310 e. The van der Waals surface area contributed by atoms with Gasteiger partial charge in [0.1, 0.15) is 0 Å². The molecule has 0 aromatic heterocycles. The maximum absolute atomic E-state index is 12.2. The molecular formula is C15H18F3NS. The summed E-state index contributed by atoms with van der Waals surface area (Å²) >= 11 is -0.0578. The van der Waals surface area contributed by atoms with Gasteiger partial charge < -0.3 is 5.32 Å². The Morgan fingerprint density at radius 1 is 1.10 bits per heavy atom. The Bertz CT molecular complexity index is 457. The van der Waals surface area contributed by atoms with Crippen LogP contribution in [0.4, 0.5) is 13.2 Å². The summed E-state index contributed by atoms with van der Waals surface area (Å²) in [5, 5.41) is 3.57. The van der Waals surface area contributed by atoms with Gasteiger partial charge in [-0.2, -0.15) is 13.2 Å². The molecule has 2 aliphatic rings. The van der Waals surface area contributed by atoms with Gasteiger partial charge in [-0.15, -0.1) is 0 Å². The smallest absolute Gasteiger partial charge is 0.310 e. The first-order chi connectivity index (χ1) is 9.49. The summed E-state index contributed by atoms with van der Waals surface area (Å²) in [5.41, 5.74) is -3.15. The van der Waals surface area contributed by atoms with Crippen LogP contribution in [0.2, 0.25) is 0 Å². The number of rotatable bonds is 4. The highest BCUT2D eigenvalue weighted by atomic mass is 32.2. The van der Waals surface area contributed by atoms with Crippen molar-refractivity contribution in [3.63, 3.8) is 0 Å². The van der Waals surface area contributed by atoms with Crippen LogP contribution in [-0.2, 0) is 6.54 Å². The Kier molecular flexibility index (Phi) is 4.00. The summed E-state index contributed by atoms with van der Waals surface area (Å²) in [7, 11) is 0. The Balaban J connectivity index is 1.51. The highest BCUT2D eigenvalue weighted by Crippen LogP contribution is 2.44. The second kappa shape index (κ2) is 5.60. The molecule has 1 aromatic carbocycles. The Morgan fingerprint density at radius 3 is 2.40 bits per heavy atom. The first kappa shape index (κ1) is 14.3. The monoisotopic (exact) mass is 301 g/mol. The third-order valence-electron chi connectivity index (χ3n) is 4.46. The molecule has 5 heteroatoms. The van der Waals surface area contributed by atoms with E-state index in [1.165, 1.54) is 25.7 Å². The van der Waals surface area contributed by atoms with Crippen molar-refractivity contribution in [1.29, 1.82) is 0 Å². The van der Waals surface area contributed by atoms with Gasteiger partial charge in [-0.3, -0.25) is 0 Å². The van der Waals surface area contributed by atoms with Crippen LogP contribution >= 0.6 is 11.8 Å². The first-order valence-electron chi connectivity index (χ1n) is 7.08. The molecule has 0 radical (unpaired) electrons. The molecule has 0 amide bonds. The van der Waals surface area contributed by atoms with Gasteiger partial charge in [0.2, 0.25) is 0 Å². The minimum atomic E-state index is -4.21. The maximum atomic E-state index is 12.2. The van der Waals surface area contributed by atoms with Gasteiger partial charge in [-0.25, -0.2) is 0 Å². The van der Waals surface area contributed by atoms with Crippen molar-refractivity contribution in [3.8, 4) is 0 Å². The number of fused-ring (bicyclic) bond motifs is 2. The molecule has 0 spiro atoms. The zero-order valence-electron chi connectivity index (χ0n) is 11.1. The predicted octanol–water partition coefficient (Wildman–Crippen LogP) is 4.58. The molecular weight excluding hydrogens is 283 g/mol. The topological polar surface area (TPSA) is 12.0 Å². The van der Waals surface area contributed by atoms with Crippen molar-refractivity contribution < 1.29 is 13.2 Å². The fourth-order valence-electron chi connectivity index (χ4n) is 3.55. The SMILES string of the molecule is FC(F)(F)Sc1ccc(CNC2CC3CCC2C3)cc1. The minimum absolute atomic E-state index is 0.0578. The van der Waals surface area contributed by atoms with Crippen LogP contribution in [0, 0.1) is 11.8 Å². The second-order valence-electron chi connectivity index (χ2n) is 5.85. The van der Waals surface area contributed by atoms with E-state index < -0.39 is 5.51 Å². The van der Waals surface area contributed by atoms with Crippen LogP contribution in [0.25, 0.3) is 0 Å². The number of halogens is 3. The fourth-order valence-corrected chi connectivity index (χ4v) is 4.09. The van der Waals surface area contributed by atoms with Crippen LogP contribution in [0.1, 0.15) is 31.2 Å². The first-order valence-corrected chi connectivity index (χ1v) is 7.89. The molecule has 0 aliphatic heterocycles. The lowest BCUT2D eigenvalue weighted by molar-refractivity contribution is -0.0328. The van der Waals surface area contributed by atoms with Crippen LogP contribution in [0.3, 0.4) is 0 Å². The van der Waals surface area contributed by atoms with Gasteiger partial charge in [0, 0.05) is 17.5 Å². The van der Waals surface area contributed by atoms with Crippen LogP contribution < -0.4 is 5.32 Å². The average molecular weight is 301 g/mol. The molecule has 20 heavy (non-hydrogen) atoms. The predicted molar refractivity (Wildman–Crippen MR) is 74.4 cm³/mol. The summed E-state index contributed by atoms with van der Waals surface area (Å²) in [6.07, 6.45) is 5.35. The van der Waals surface area contributed by atoms with Gasteiger partial charge in [-0.05, 0) is 60.6 Å². The van der Waals surface area contributed by atoms with Crippen molar-refractivity contribution in [2.45, 2.75) is 48.7 Å². The quantitative estimate of drug-likeness (QED) is 0.817. The van der Waals surface area contributed by atoms with Crippen LogP contribution in [-0.4, -0.2) is 11.6 Å². The lowest BCUT2D eigenvalue weighted by Crippen LogP contribution is -2.33. The fraction of sp³-hybridized carbons (Fsp3) is 0.600. The Hall–Kier alpha value is -0.680. The highest BCUT2D eigenvalue weighted by Gasteiger charge is 2.38. The molecule has 3 unspecified atom stereocenters. The van der Waals surface area contributed by atoms with Crippen molar-refractivity contribution in [2.24, 2.45) is 11.8 Å². The lowest BCUT2D eigenvalue weighted by atomic mass is 9.95. The van der Waals surface area contributed by atoms with Crippen molar-refractivity contribution in [1.82, 2.24) is 5.32 Å². The summed E-state index contributed by atoms with van der Waals surface area (Å²) in [5.74, 6) is 1.73. The normalized spacial score (nSPS) is 29.1. The highest BCUT2D eigenvalue weighted by molar-refractivity contribution is 8.00. The van der Waals surface area contributed by atoms with Crippen LogP contribution in [0.5, 0.6) is 0 Å². The van der Waals surface area contributed by atoms with Gasteiger partial charge in [0.15, 0.2) is 0 Å². The summed E-state index contributed by atoms with van der Waals surface area (Å²) in [4.78, 5) is 0.251. The van der Waals surface area contributed by atoms with Gasteiger partial charge in [0.25, 0.3) is 0 Å². The molecule has 110 valence electrons. The van der Waals surface area contributed by atoms with Crippen LogP contribution in [0.15, 0.2) is 29.2 Å². The van der Waals surface area contributed by atoms with E-state index in [1.54, 1.807) is 24.3 Å². The molecule has 2 aliphatic carbocycles. The van der Waals surface area contributed by atoms with Gasteiger partial charge in [-0.1, -0.05) is 18.6 Å². The number of nitrogens with one attached hydrogen (secondary N) is 1. The molecule has 1 N–H and O–H groups in total. The van der Waals surface area contributed by atoms with E-state index in [-0.39, 0.29) is 16.7 Å². The zero-order chi connectivity index (χ0) is 14.2. The lowest BCUT2D eigenvalue weighted by Gasteiger charge is -2.23. The molecule has 2 fully saturated rings. The molecule has 1 aromatic rings. The number of thioether (sulfide) groups is 1. The van der Waals surface area contributed by atoms with Crippen molar-refractivity contribution in [3.05, 3.63) is 29.8 Å². The molecule has 1 nitrogen and oxygen atoms in total. The van der Waals surface area contributed by atoms with E-state index in [4.69, 9.17) is 0 Å². The van der Waals surface area contributed by atoms with E-state index in [0.717, 1.165) is 23.9 Å². The second-order valence-corrected chi connectivity index (χ2v) is 6.99. The molecule has 2 saturated carbocycles. The zero-order valence-corrected chi connectivity index (χ0v) is 11.9. The Labute approximate surface area is 121 Å². The molecule has 0 heterocycles. The average Bonchev–Trinajstić information content (AvgIpc) is 2.98. The maximum Gasteiger partial charge on any atom is 0.446 e. The number of benzene rings is 1. The number of hydrogen-bond donors (Lipinski definition) is 1. The molecule has 0 saturated heterocycles. The van der Waals surface area contributed by atoms with Crippen molar-refractivity contribution in [2.75, 3.05) is 0 Å². The number of hydrogen-bond acceptors (Lipinski definition) is 2. The molecule has 3 rings (SSSR count). The Morgan fingerprint density at radius 2 is 1.85 bits per heavy atom. The van der Waals surface area contributed by atoms with Gasteiger partial charge >= 0.3 is 5.51 Å². The number of alkyl halides is 3. The van der Waals surface area contributed by atoms with E-state index in [9.17, 15) is 13.2 Å². The molecule has 3 atom stereocenters.